The van der Waals surface area contributed by atoms with Crippen LogP contribution in [0.2, 0.25) is 5.15 Å². The molecular formula is C21H18ClNO4. The summed E-state index contributed by atoms with van der Waals surface area (Å²) in [7, 11) is 0. The molecule has 0 spiro atoms. The zero-order valence-corrected chi connectivity index (χ0v) is 15.4. The van der Waals surface area contributed by atoms with Gasteiger partial charge in [-0.15, -0.1) is 0 Å². The van der Waals surface area contributed by atoms with Crippen LogP contribution in [0.4, 0.5) is 0 Å². The van der Waals surface area contributed by atoms with Crippen LogP contribution in [-0.2, 0) is 13.2 Å². The highest BCUT2D eigenvalue weighted by Gasteiger charge is 2.13. The molecule has 5 nitrogen and oxygen atoms in total. The summed E-state index contributed by atoms with van der Waals surface area (Å²) in [5.41, 5.74) is 2.32. The summed E-state index contributed by atoms with van der Waals surface area (Å²) in [5.74, 6) is 0.249. The van der Waals surface area contributed by atoms with Crippen LogP contribution in [0.1, 0.15) is 27.2 Å². The first-order valence-electron chi connectivity index (χ1n) is 8.32. The minimum absolute atomic E-state index is 0.155. The van der Waals surface area contributed by atoms with Gasteiger partial charge >= 0.3 is 5.97 Å². The highest BCUT2D eigenvalue weighted by Crippen LogP contribution is 2.23. The molecule has 1 heterocycles. The van der Waals surface area contributed by atoms with Crippen LogP contribution in [0.3, 0.4) is 0 Å². The van der Waals surface area contributed by atoms with E-state index in [2.05, 4.69) is 4.98 Å². The van der Waals surface area contributed by atoms with Crippen LogP contribution in [0.15, 0.2) is 60.7 Å². The molecule has 0 aliphatic carbocycles. The van der Waals surface area contributed by atoms with Gasteiger partial charge in [0.05, 0.1) is 11.3 Å². The predicted octanol–water partition coefficient (Wildman–Crippen LogP) is 4.90. The van der Waals surface area contributed by atoms with Crippen molar-refractivity contribution in [3.05, 3.63) is 88.2 Å². The fourth-order valence-corrected chi connectivity index (χ4v) is 2.84. The number of nitrogens with zero attached hydrogens (tertiary/aromatic N) is 1. The molecule has 138 valence electrons. The first kappa shape index (κ1) is 18.7. The van der Waals surface area contributed by atoms with E-state index in [0.29, 0.717) is 27.8 Å². The Balaban J connectivity index is 1.66. The average molecular weight is 384 g/mol. The van der Waals surface area contributed by atoms with Gasteiger partial charge in [-0.1, -0.05) is 41.9 Å². The normalized spacial score (nSPS) is 10.4. The molecule has 0 saturated heterocycles. The Kier molecular flexibility index (Phi) is 5.94. The van der Waals surface area contributed by atoms with Crippen molar-refractivity contribution in [2.75, 3.05) is 0 Å². The van der Waals surface area contributed by atoms with Crippen molar-refractivity contribution in [3.8, 4) is 11.5 Å². The van der Waals surface area contributed by atoms with Gasteiger partial charge in [0.1, 0.15) is 29.9 Å². The summed E-state index contributed by atoms with van der Waals surface area (Å²) in [6.07, 6.45) is 0. The molecule has 0 aliphatic heterocycles. The van der Waals surface area contributed by atoms with Crippen molar-refractivity contribution in [3.63, 3.8) is 0 Å². The highest BCUT2D eigenvalue weighted by molar-refractivity contribution is 6.29. The third kappa shape index (κ3) is 4.99. The number of aromatic carboxylic acids is 1. The smallest absolute Gasteiger partial charge is 0.336 e. The number of aromatic nitrogens is 1. The Morgan fingerprint density at radius 1 is 1.00 bits per heavy atom. The van der Waals surface area contributed by atoms with Crippen molar-refractivity contribution in [2.45, 2.75) is 20.1 Å². The summed E-state index contributed by atoms with van der Waals surface area (Å²) >= 11 is 5.87. The van der Waals surface area contributed by atoms with Crippen molar-refractivity contribution < 1.29 is 19.4 Å². The maximum atomic E-state index is 11.5. The summed E-state index contributed by atoms with van der Waals surface area (Å²) in [6, 6.07) is 17.9. The van der Waals surface area contributed by atoms with E-state index in [0.717, 1.165) is 5.69 Å². The van der Waals surface area contributed by atoms with Gasteiger partial charge in [0.2, 0.25) is 0 Å². The van der Waals surface area contributed by atoms with Crippen LogP contribution in [0.25, 0.3) is 0 Å². The quantitative estimate of drug-likeness (QED) is 0.588. The molecule has 0 unspecified atom stereocenters. The topological polar surface area (TPSA) is 68.7 Å². The lowest BCUT2D eigenvalue weighted by Crippen LogP contribution is -2.08. The lowest BCUT2D eigenvalue weighted by atomic mass is 10.0. The molecule has 0 radical (unpaired) electrons. The second-order valence-electron chi connectivity index (χ2n) is 5.92. The summed E-state index contributed by atoms with van der Waals surface area (Å²) in [6.45, 7) is 2.21. The number of hydrogen-bond donors (Lipinski definition) is 1. The Hall–Kier alpha value is -3.05. The Labute approximate surface area is 162 Å². The summed E-state index contributed by atoms with van der Waals surface area (Å²) in [4.78, 5) is 15.6. The molecule has 1 aromatic heterocycles. The number of hydrogen-bond acceptors (Lipinski definition) is 4. The molecule has 0 aliphatic rings. The molecule has 6 heteroatoms. The first-order valence-corrected chi connectivity index (χ1v) is 8.69. The largest absolute Gasteiger partial charge is 0.489 e. The van der Waals surface area contributed by atoms with Gasteiger partial charge in [-0.3, -0.25) is 0 Å². The van der Waals surface area contributed by atoms with Gasteiger partial charge in [0, 0.05) is 11.6 Å². The predicted molar refractivity (Wildman–Crippen MR) is 102 cm³/mol. The fourth-order valence-electron chi connectivity index (χ4n) is 2.66. The van der Waals surface area contributed by atoms with E-state index in [1.54, 1.807) is 37.3 Å². The maximum absolute atomic E-state index is 11.5. The molecule has 0 saturated carbocycles. The van der Waals surface area contributed by atoms with Crippen molar-refractivity contribution in [1.82, 2.24) is 4.98 Å². The van der Waals surface area contributed by atoms with Crippen molar-refractivity contribution in [1.29, 1.82) is 0 Å². The molecular weight excluding hydrogens is 366 g/mol. The Morgan fingerprint density at radius 3 is 2.37 bits per heavy atom. The van der Waals surface area contributed by atoms with Gasteiger partial charge in [-0.2, -0.15) is 0 Å². The number of aryl methyl sites for hydroxylation is 1. The number of carboxylic acids is 1. The Bertz CT molecular complexity index is 958. The molecule has 0 atom stereocenters. The second kappa shape index (κ2) is 8.56. The molecule has 2 aromatic carbocycles. The third-order valence-electron chi connectivity index (χ3n) is 3.93. The number of benzene rings is 2. The first-order chi connectivity index (χ1) is 13.0. The lowest BCUT2D eigenvalue weighted by Gasteiger charge is -2.12. The van der Waals surface area contributed by atoms with Crippen LogP contribution >= 0.6 is 11.6 Å². The van der Waals surface area contributed by atoms with E-state index in [-0.39, 0.29) is 18.8 Å². The number of pyridine rings is 1. The maximum Gasteiger partial charge on any atom is 0.336 e. The van der Waals surface area contributed by atoms with Crippen LogP contribution < -0.4 is 9.47 Å². The molecule has 1 N–H and O–H groups in total. The third-order valence-corrected chi connectivity index (χ3v) is 4.14. The van der Waals surface area contributed by atoms with E-state index in [4.69, 9.17) is 21.1 Å². The second-order valence-corrected chi connectivity index (χ2v) is 6.31. The lowest BCUT2D eigenvalue weighted by molar-refractivity contribution is 0.0693. The molecule has 0 fully saturated rings. The number of ether oxygens (including phenoxy) is 2. The molecule has 3 aromatic rings. The zero-order chi connectivity index (χ0) is 19.2. The summed E-state index contributed by atoms with van der Waals surface area (Å²) < 4.78 is 11.5. The minimum Gasteiger partial charge on any atom is -0.489 e. The van der Waals surface area contributed by atoms with Gasteiger partial charge in [-0.25, -0.2) is 9.78 Å². The molecule has 27 heavy (non-hydrogen) atoms. The molecule has 3 rings (SSSR count). The standard InChI is InChI=1S/C21H18ClNO4/c1-14-5-2-6-15(20(14)21(24)25)12-26-17-8-4-9-18(11-17)27-13-16-7-3-10-19(22)23-16/h2-11H,12-13H2,1H3,(H,24,25). The van der Waals surface area contributed by atoms with E-state index in [9.17, 15) is 9.90 Å². The van der Waals surface area contributed by atoms with Gasteiger partial charge in [0.25, 0.3) is 0 Å². The number of halogens is 1. The molecule has 0 amide bonds. The Morgan fingerprint density at radius 2 is 1.67 bits per heavy atom. The van der Waals surface area contributed by atoms with Gasteiger partial charge in [-0.05, 0) is 36.8 Å². The van der Waals surface area contributed by atoms with Gasteiger partial charge in [0.15, 0.2) is 0 Å². The van der Waals surface area contributed by atoms with E-state index >= 15 is 0 Å². The summed E-state index contributed by atoms with van der Waals surface area (Å²) in [5, 5.41) is 9.81. The number of carboxylic acid groups (broad SMARTS) is 1. The molecule has 0 bridgehead atoms. The zero-order valence-electron chi connectivity index (χ0n) is 14.7. The van der Waals surface area contributed by atoms with Gasteiger partial charge < -0.3 is 14.6 Å². The fraction of sp³-hybridized carbons (Fsp3) is 0.143. The van der Waals surface area contributed by atoms with Crippen molar-refractivity contribution in [2.24, 2.45) is 0 Å². The van der Waals surface area contributed by atoms with Crippen LogP contribution in [0, 0.1) is 6.92 Å². The van der Waals surface area contributed by atoms with E-state index in [1.807, 2.05) is 30.3 Å². The highest BCUT2D eigenvalue weighted by atomic mass is 35.5. The van der Waals surface area contributed by atoms with Crippen molar-refractivity contribution >= 4 is 17.6 Å². The van der Waals surface area contributed by atoms with E-state index in [1.165, 1.54) is 0 Å². The SMILES string of the molecule is Cc1cccc(COc2cccc(OCc3cccc(Cl)n3)c2)c1C(=O)O. The van der Waals surface area contributed by atoms with E-state index < -0.39 is 5.97 Å². The average Bonchev–Trinajstić information content (AvgIpc) is 2.65. The monoisotopic (exact) mass is 383 g/mol. The van der Waals surface area contributed by atoms with Crippen LogP contribution in [-0.4, -0.2) is 16.1 Å². The number of rotatable bonds is 7. The van der Waals surface area contributed by atoms with Crippen LogP contribution in [0.5, 0.6) is 11.5 Å². The minimum atomic E-state index is -0.960. The number of carbonyl (C=O) groups is 1.